The molecule has 0 spiro atoms. The predicted octanol–water partition coefficient (Wildman–Crippen LogP) is 7.19. The molecule has 2 saturated carbocycles. The summed E-state index contributed by atoms with van der Waals surface area (Å²) in [5.74, 6) is 0.270. The summed E-state index contributed by atoms with van der Waals surface area (Å²) in [5.41, 5.74) is 2.92. The van der Waals surface area contributed by atoms with Gasteiger partial charge in [-0.3, -0.25) is 0 Å². The number of rotatable bonds is 6. The molecule has 6 rings (SSSR count). The molecular formula is C40H44CuN6O2. The zero-order valence-corrected chi connectivity index (χ0v) is 28.6. The Labute approximate surface area is 300 Å². The van der Waals surface area contributed by atoms with Gasteiger partial charge in [-0.05, 0) is 72.9 Å². The van der Waals surface area contributed by atoms with Crippen molar-refractivity contribution in [1.29, 1.82) is 0 Å². The van der Waals surface area contributed by atoms with Crippen molar-refractivity contribution in [3.05, 3.63) is 132 Å². The summed E-state index contributed by atoms with van der Waals surface area (Å²) in [7, 11) is 0. The first-order valence-electron chi connectivity index (χ1n) is 17.0. The largest absolute Gasteiger partial charge is 2.00 e. The SMILES string of the molecule is [Cu+2].[O-]/C(=N\C(=NC1CCCCC1)Nc1ccccc1)c1ccccc1.[O-]/C(=N\C(=NC1CCCCC1)Nc1ccccc1)c1ccccc1. The van der Waals surface area contributed by atoms with Crippen LogP contribution in [0, 0.1) is 0 Å². The number of anilines is 2. The minimum Gasteiger partial charge on any atom is -0.858 e. The average Bonchev–Trinajstić information content (AvgIpc) is 3.14. The quantitative estimate of drug-likeness (QED) is 0.126. The Morgan fingerprint density at radius 1 is 0.449 bits per heavy atom. The third kappa shape index (κ3) is 13.0. The Hall–Kier alpha value is -4.72. The zero-order valence-electron chi connectivity index (χ0n) is 27.7. The summed E-state index contributed by atoms with van der Waals surface area (Å²) >= 11 is 0. The minimum absolute atomic E-state index is 0. The monoisotopic (exact) mass is 703 g/mol. The van der Waals surface area contributed by atoms with Crippen LogP contribution in [0.15, 0.2) is 141 Å². The second-order valence-electron chi connectivity index (χ2n) is 12.0. The molecule has 0 amide bonds. The molecular weight excluding hydrogens is 660 g/mol. The van der Waals surface area contributed by atoms with Gasteiger partial charge < -0.3 is 20.8 Å². The summed E-state index contributed by atoms with van der Waals surface area (Å²) in [4.78, 5) is 17.9. The third-order valence-electron chi connectivity index (χ3n) is 8.28. The van der Waals surface area contributed by atoms with Crippen LogP contribution in [0.2, 0.25) is 0 Å². The Morgan fingerprint density at radius 2 is 0.755 bits per heavy atom. The molecule has 4 aromatic rings. The maximum absolute atomic E-state index is 12.4. The molecule has 0 unspecified atom stereocenters. The van der Waals surface area contributed by atoms with E-state index in [2.05, 4.69) is 20.6 Å². The summed E-state index contributed by atoms with van der Waals surface area (Å²) < 4.78 is 0. The molecule has 8 nitrogen and oxygen atoms in total. The van der Waals surface area contributed by atoms with Gasteiger partial charge in [-0.15, -0.1) is 0 Å². The number of guanidine groups is 2. The van der Waals surface area contributed by atoms with E-state index in [4.69, 9.17) is 9.98 Å². The van der Waals surface area contributed by atoms with Gasteiger partial charge in [0.2, 0.25) is 11.9 Å². The van der Waals surface area contributed by atoms with Crippen LogP contribution in [0.5, 0.6) is 0 Å². The number of aliphatic imine (C=N–C) groups is 4. The van der Waals surface area contributed by atoms with E-state index in [-0.39, 0.29) is 40.9 Å². The summed E-state index contributed by atoms with van der Waals surface area (Å²) in [5, 5.41) is 31.2. The molecule has 2 aliphatic rings. The molecule has 2 aliphatic carbocycles. The first-order valence-corrected chi connectivity index (χ1v) is 17.0. The summed E-state index contributed by atoms with van der Waals surface area (Å²) in [6.45, 7) is 0. The Kier molecular flexibility index (Phi) is 15.6. The van der Waals surface area contributed by atoms with Crippen LogP contribution in [-0.4, -0.2) is 35.8 Å². The molecule has 1 radical (unpaired) electrons. The van der Waals surface area contributed by atoms with Crippen LogP contribution >= 0.6 is 0 Å². The Balaban J connectivity index is 0.000000216. The normalized spacial score (nSPS) is 16.5. The van der Waals surface area contributed by atoms with Gasteiger partial charge in [-0.2, -0.15) is 0 Å². The van der Waals surface area contributed by atoms with Gasteiger partial charge in [-0.1, -0.05) is 136 Å². The zero-order chi connectivity index (χ0) is 33.2. The fraction of sp³-hybridized carbons (Fsp3) is 0.300. The number of hydrogen-bond acceptors (Lipinski definition) is 4. The summed E-state index contributed by atoms with van der Waals surface area (Å²) in [6.07, 6.45) is 11.6. The smallest absolute Gasteiger partial charge is 0.858 e. The van der Waals surface area contributed by atoms with Crippen LogP contribution < -0.4 is 20.8 Å². The number of nitrogens with zero attached hydrogens (tertiary/aromatic N) is 4. The van der Waals surface area contributed by atoms with E-state index in [1.807, 2.05) is 97.1 Å². The third-order valence-corrected chi connectivity index (χ3v) is 8.28. The van der Waals surface area contributed by atoms with E-state index in [1.54, 1.807) is 24.3 Å². The van der Waals surface area contributed by atoms with Gasteiger partial charge in [0.25, 0.3) is 0 Å². The van der Waals surface area contributed by atoms with E-state index >= 15 is 0 Å². The predicted molar refractivity (Wildman–Crippen MR) is 195 cm³/mol. The van der Waals surface area contributed by atoms with Crippen LogP contribution in [0.4, 0.5) is 11.4 Å². The van der Waals surface area contributed by atoms with Crippen molar-refractivity contribution in [2.24, 2.45) is 20.0 Å². The van der Waals surface area contributed by atoms with E-state index in [9.17, 15) is 10.2 Å². The fourth-order valence-electron chi connectivity index (χ4n) is 5.73. The molecule has 0 heterocycles. The molecule has 0 saturated heterocycles. The van der Waals surface area contributed by atoms with Gasteiger partial charge in [0.1, 0.15) is 0 Å². The standard InChI is InChI=1S/2C20H23N3O.Cu/c2*24-19(16-10-4-1-5-11-16)23-20(21-17-12-6-2-7-13-17)22-18-14-8-3-9-15-18;/h2*1-2,4-7,10-13,18H,3,8-9,14-15H2,(H2,21,22,23,24);/q;;+2/p-2. The van der Waals surface area contributed by atoms with Gasteiger partial charge in [0, 0.05) is 11.4 Å². The second kappa shape index (κ2) is 20.6. The molecule has 9 heteroatoms. The van der Waals surface area contributed by atoms with Crippen molar-refractivity contribution >= 4 is 35.1 Å². The van der Waals surface area contributed by atoms with Gasteiger partial charge in [0.05, 0.1) is 12.1 Å². The van der Waals surface area contributed by atoms with Crippen LogP contribution in [0.1, 0.15) is 75.3 Å². The van der Waals surface area contributed by atoms with Crippen molar-refractivity contribution < 1.29 is 27.3 Å². The molecule has 0 atom stereocenters. The fourth-order valence-corrected chi connectivity index (χ4v) is 5.73. The van der Waals surface area contributed by atoms with Crippen LogP contribution in [0.3, 0.4) is 0 Å². The van der Waals surface area contributed by atoms with E-state index in [1.165, 1.54) is 38.5 Å². The first kappa shape index (κ1) is 37.1. The van der Waals surface area contributed by atoms with Crippen molar-refractivity contribution in [3.63, 3.8) is 0 Å². The van der Waals surface area contributed by atoms with Crippen LogP contribution in [0.25, 0.3) is 0 Å². The second-order valence-corrected chi connectivity index (χ2v) is 12.0. The molecule has 0 aliphatic heterocycles. The molecule has 49 heavy (non-hydrogen) atoms. The van der Waals surface area contributed by atoms with E-state index in [0.29, 0.717) is 23.0 Å². The summed E-state index contributed by atoms with van der Waals surface area (Å²) in [6, 6.07) is 38.2. The van der Waals surface area contributed by atoms with E-state index < -0.39 is 0 Å². The topological polar surface area (TPSA) is 120 Å². The molecule has 2 fully saturated rings. The Morgan fingerprint density at radius 3 is 1.08 bits per heavy atom. The van der Waals surface area contributed by atoms with Gasteiger partial charge >= 0.3 is 17.1 Å². The number of benzene rings is 4. The number of nitrogens with one attached hydrogen (secondary N) is 2. The number of hydrogen-bond donors (Lipinski definition) is 2. The molecule has 2 N–H and O–H groups in total. The Bertz CT molecular complexity index is 1510. The van der Waals surface area contributed by atoms with Gasteiger partial charge in [-0.25, -0.2) is 20.0 Å². The maximum Gasteiger partial charge on any atom is 2.00 e. The number of para-hydroxylation sites is 2. The van der Waals surface area contributed by atoms with Crippen molar-refractivity contribution in [1.82, 2.24) is 0 Å². The molecule has 0 aromatic heterocycles. The maximum atomic E-state index is 12.4. The average molecular weight is 704 g/mol. The molecule has 0 bridgehead atoms. The first-order chi connectivity index (χ1) is 23.6. The van der Waals surface area contributed by atoms with Gasteiger partial charge in [0.15, 0.2) is 0 Å². The minimum atomic E-state index is -0.270. The molecule has 4 aromatic carbocycles. The van der Waals surface area contributed by atoms with Crippen molar-refractivity contribution in [3.8, 4) is 0 Å². The van der Waals surface area contributed by atoms with Crippen LogP contribution in [-0.2, 0) is 17.1 Å². The van der Waals surface area contributed by atoms with Crippen molar-refractivity contribution in [2.45, 2.75) is 76.3 Å². The van der Waals surface area contributed by atoms with E-state index in [0.717, 1.165) is 37.1 Å². The molecule has 257 valence electrons. The van der Waals surface area contributed by atoms with Crippen molar-refractivity contribution in [2.75, 3.05) is 10.6 Å².